The van der Waals surface area contributed by atoms with Gasteiger partial charge in [-0.25, -0.2) is 4.39 Å². The van der Waals surface area contributed by atoms with Crippen LogP contribution in [0.5, 0.6) is 0 Å². The van der Waals surface area contributed by atoms with Crippen LogP contribution in [0, 0.1) is 5.82 Å². The molecule has 0 aliphatic heterocycles. The van der Waals surface area contributed by atoms with E-state index in [0.29, 0.717) is 5.69 Å². The summed E-state index contributed by atoms with van der Waals surface area (Å²) < 4.78 is 14.4. The molecule has 0 radical (unpaired) electrons. The highest BCUT2D eigenvalue weighted by Crippen LogP contribution is 2.15. The summed E-state index contributed by atoms with van der Waals surface area (Å²) in [6.07, 6.45) is 4.89. The summed E-state index contributed by atoms with van der Waals surface area (Å²) >= 11 is 0. The van der Waals surface area contributed by atoms with Crippen molar-refractivity contribution >= 4 is 0 Å². The summed E-state index contributed by atoms with van der Waals surface area (Å²) in [5, 5.41) is 3.98. The summed E-state index contributed by atoms with van der Waals surface area (Å²) in [6, 6.07) is 2.71. The van der Waals surface area contributed by atoms with Gasteiger partial charge in [0.2, 0.25) is 0 Å². The largest absolute Gasteiger partial charge is 0.275 e. The number of pyridine rings is 1. The summed E-state index contributed by atoms with van der Waals surface area (Å²) in [7, 11) is 1.81. The number of hydrogen-bond donors (Lipinski definition) is 0. The highest BCUT2D eigenvalue weighted by Gasteiger charge is 2.01. The van der Waals surface area contributed by atoms with Crippen molar-refractivity contribution in [1.29, 1.82) is 0 Å². The summed E-state index contributed by atoms with van der Waals surface area (Å²) in [6.45, 7) is 0. The number of hydrogen-bond acceptors (Lipinski definition) is 2. The molecule has 66 valence electrons. The summed E-state index contributed by atoms with van der Waals surface area (Å²) in [5.41, 5.74) is 1.43. The maximum absolute atomic E-state index is 12.8. The molecule has 13 heavy (non-hydrogen) atoms. The number of aromatic nitrogens is 3. The van der Waals surface area contributed by atoms with Crippen LogP contribution < -0.4 is 0 Å². The third kappa shape index (κ3) is 1.56. The van der Waals surface area contributed by atoms with E-state index in [1.54, 1.807) is 17.1 Å². The van der Waals surface area contributed by atoms with Crippen LogP contribution in [0.3, 0.4) is 0 Å². The molecule has 0 aromatic carbocycles. The molecule has 0 amide bonds. The van der Waals surface area contributed by atoms with Gasteiger partial charge in [0.15, 0.2) is 0 Å². The fraction of sp³-hybridized carbons (Fsp3) is 0.111. The topological polar surface area (TPSA) is 30.7 Å². The quantitative estimate of drug-likeness (QED) is 0.662. The van der Waals surface area contributed by atoms with Crippen molar-refractivity contribution in [2.45, 2.75) is 0 Å². The molecular weight excluding hydrogens is 169 g/mol. The molecule has 2 aromatic rings. The maximum Gasteiger partial charge on any atom is 0.126 e. The number of halogens is 1. The van der Waals surface area contributed by atoms with Gasteiger partial charge in [-0.3, -0.25) is 9.67 Å². The Morgan fingerprint density at radius 3 is 2.92 bits per heavy atom. The van der Waals surface area contributed by atoms with Crippen LogP contribution in [0.15, 0.2) is 30.7 Å². The SMILES string of the molecule is Cn1cc(-c2cc(F)ccn2)cn1. The predicted octanol–water partition coefficient (Wildman–Crippen LogP) is 1.62. The van der Waals surface area contributed by atoms with E-state index >= 15 is 0 Å². The van der Waals surface area contributed by atoms with Crippen LogP contribution >= 0.6 is 0 Å². The normalized spacial score (nSPS) is 10.3. The number of nitrogens with zero attached hydrogens (tertiary/aromatic N) is 3. The zero-order chi connectivity index (χ0) is 9.26. The first-order chi connectivity index (χ1) is 6.25. The van der Waals surface area contributed by atoms with Gasteiger partial charge in [-0.05, 0) is 6.07 Å². The first-order valence-electron chi connectivity index (χ1n) is 3.86. The van der Waals surface area contributed by atoms with Crippen LogP contribution in [0.25, 0.3) is 11.3 Å². The zero-order valence-electron chi connectivity index (χ0n) is 7.11. The van der Waals surface area contributed by atoms with Crippen molar-refractivity contribution < 1.29 is 4.39 Å². The van der Waals surface area contributed by atoms with Gasteiger partial charge >= 0.3 is 0 Å². The standard InChI is InChI=1S/C9H8FN3/c1-13-6-7(5-12-13)9-4-8(10)2-3-11-9/h2-6H,1H3. The van der Waals surface area contributed by atoms with E-state index in [1.807, 2.05) is 7.05 Å². The average Bonchev–Trinajstić information content (AvgIpc) is 2.52. The van der Waals surface area contributed by atoms with Gasteiger partial charge in [-0.15, -0.1) is 0 Å². The maximum atomic E-state index is 12.8. The second-order valence-corrected chi connectivity index (χ2v) is 2.76. The Kier molecular flexibility index (Phi) is 1.81. The van der Waals surface area contributed by atoms with E-state index in [-0.39, 0.29) is 5.82 Å². The van der Waals surface area contributed by atoms with Gasteiger partial charge in [0.1, 0.15) is 5.82 Å². The molecule has 0 bridgehead atoms. The lowest BCUT2D eigenvalue weighted by Crippen LogP contribution is -1.85. The number of aryl methyl sites for hydroxylation is 1. The van der Waals surface area contributed by atoms with Crippen molar-refractivity contribution in [3.05, 3.63) is 36.5 Å². The molecule has 0 saturated heterocycles. The van der Waals surface area contributed by atoms with E-state index in [1.165, 1.54) is 18.3 Å². The van der Waals surface area contributed by atoms with E-state index in [0.717, 1.165) is 5.56 Å². The second-order valence-electron chi connectivity index (χ2n) is 2.76. The van der Waals surface area contributed by atoms with Gasteiger partial charge in [-0.2, -0.15) is 5.10 Å². The van der Waals surface area contributed by atoms with Gasteiger partial charge in [0.05, 0.1) is 11.9 Å². The van der Waals surface area contributed by atoms with E-state index in [2.05, 4.69) is 10.1 Å². The third-order valence-electron chi connectivity index (χ3n) is 1.72. The Morgan fingerprint density at radius 2 is 2.31 bits per heavy atom. The molecule has 0 atom stereocenters. The van der Waals surface area contributed by atoms with Crippen molar-refractivity contribution in [2.24, 2.45) is 7.05 Å². The molecule has 0 saturated carbocycles. The molecule has 3 nitrogen and oxygen atoms in total. The predicted molar refractivity (Wildman–Crippen MR) is 46.4 cm³/mol. The van der Waals surface area contributed by atoms with Crippen LogP contribution in [-0.2, 0) is 7.05 Å². The van der Waals surface area contributed by atoms with Gasteiger partial charge < -0.3 is 0 Å². The fourth-order valence-electron chi connectivity index (χ4n) is 1.12. The van der Waals surface area contributed by atoms with Gasteiger partial charge in [-0.1, -0.05) is 0 Å². The molecule has 0 aliphatic carbocycles. The Labute approximate surface area is 74.8 Å². The zero-order valence-corrected chi connectivity index (χ0v) is 7.11. The lowest BCUT2D eigenvalue weighted by Gasteiger charge is -1.94. The molecule has 2 heterocycles. The minimum absolute atomic E-state index is 0.283. The molecule has 0 spiro atoms. The van der Waals surface area contributed by atoms with Gasteiger partial charge in [0.25, 0.3) is 0 Å². The summed E-state index contributed by atoms with van der Waals surface area (Å²) in [5.74, 6) is -0.283. The first-order valence-corrected chi connectivity index (χ1v) is 3.86. The Morgan fingerprint density at radius 1 is 1.46 bits per heavy atom. The Bertz CT molecular complexity index is 422. The Balaban J connectivity index is 2.46. The van der Waals surface area contributed by atoms with Crippen molar-refractivity contribution in [3.8, 4) is 11.3 Å². The highest BCUT2D eigenvalue weighted by atomic mass is 19.1. The highest BCUT2D eigenvalue weighted by molar-refractivity contribution is 5.56. The molecule has 2 aromatic heterocycles. The lowest BCUT2D eigenvalue weighted by molar-refractivity contribution is 0.626. The smallest absolute Gasteiger partial charge is 0.126 e. The monoisotopic (exact) mass is 177 g/mol. The second kappa shape index (κ2) is 2.97. The molecular formula is C9H8FN3. The van der Waals surface area contributed by atoms with Crippen LogP contribution in [0.2, 0.25) is 0 Å². The van der Waals surface area contributed by atoms with Crippen LogP contribution in [-0.4, -0.2) is 14.8 Å². The molecule has 4 heteroatoms. The minimum Gasteiger partial charge on any atom is -0.275 e. The van der Waals surface area contributed by atoms with Crippen LogP contribution in [0.1, 0.15) is 0 Å². The minimum atomic E-state index is -0.283. The third-order valence-corrected chi connectivity index (χ3v) is 1.72. The van der Waals surface area contributed by atoms with Crippen molar-refractivity contribution in [1.82, 2.24) is 14.8 Å². The Hall–Kier alpha value is -1.71. The van der Waals surface area contributed by atoms with E-state index in [9.17, 15) is 4.39 Å². The number of rotatable bonds is 1. The molecule has 2 rings (SSSR count). The summed E-state index contributed by atoms with van der Waals surface area (Å²) in [4.78, 5) is 4.03. The molecule has 0 aliphatic rings. The molecule has 0 fully saturated rings. The lowest BCUT2D eigenvalue weighted by atomic mass is 10.2. The van der Waals surface area contributed by atoms with Crippen molar-refractivity contribution in [2.75, 3.05) is 0 Å². The van der Waals surface area contributed by atoms with E-state index < -0.39 is 0 Å². The fourth-order valence-corrected chi connectivity index (χ4v) is 1.12. The first kappa shape index (κ1) is 7.91. The van der Waals surface area contributed by atoms with Crippen molar-refractivity contribution in [3.63, 3.8) is 0 Å². The average molecular weight is 177 g/mol. The molecule has 0 N–H and O–H groups in total. The molecule has 0 unspecified atom stereocenters. The van der Waals surface area contributed by atoms with Gasteiger partial charge in [0, 0.05) is 31.1 Å². The van der Waals surface area contributed by atoms with Crippen LogP contribution in [0.4, 0.5) is 4.39 Å². The van der Waals surface area contributed by atoms with E-state index in [4.69, 9.17) is 0 Å².